The first kappa shape index (κ1) is 18.7. The van der Waals surface area contributed by atoms with Crippen LogP contribution in [0, 0.1) is 0 Å². The van der Waals surface area contributed by atoms with Gasteiger partial charge in [-0.1, -0.05) is 0 Å². The van der Waals surface area contributed by atoms with Gasteiger partial charge in [-0.05, 0) is 26.0 Å². The molecule has 0 atom stereocenters. The topological polar surface area (TPSA) is 77.4 Å². The Labute approximate surface area is 130 Å². The fraction of sp³-hybridized carbons (Fsp3) is 0.500. The van der Waals surface area contributed by atoms with Crippen LogP contribution in [0.4, 0.5) is 13.2 Å². The molecule has 0 radical (unpaired) electrons. The summed E-state index contributed by atoms with van der Waals surface area (Å²) in [7, 11) is 0. The monoisotopic (exact) mass is 334 g/mol. The van der Waals surface area contributed by atoms with Gasteiger partial charge in [-0.3, -0.25) is 14.4 Å². The molecule has 9 heteroatoms. The van der Waals surface area contributed by atoms with Crippen LogP contribution in [0.3, 0.4) is 0 Å². The second-order valence-corrected chi connectivity index (χ2v) is 4.99. The Morgan fingerprint density at radius 2 is 2.00 bits per heavy atom. The number of ether oxygens (including phenoxy) is 1. The maximum Gasteiger partial charge on any atom is 0.421 e. The molecule has 0 aliphatic heterocycles. The molecular weight excluding hydrogens is 317 g/mol. The lowest BCUT2D eigenvalue weighted by atomic mass is 10.2. The van der Waals surface area contributed by atoms with Crippen LogP contribution < -0.4 is 10.9 Å². The van der Waals surface area contributed by atoms with Crippen molar-refractivity contribution < 1.29 is 27.5 Å². The van der Waals surface area contributed by atoms with E-state index >= 15 is 0 Å². The molecule has 1 heterocycles. The van der Waals surface area contributed by atoms with Gasteiger partial charge < -0.3 is 14.6 Å². The van der Waals surface area contributed by atoms with E-state index in [1.165, 1.54) is 0 Å². The summed E-state index contributed by atoms with van der Waals surface area (Å²) in [5.74, 6) is -1.18. The summed E-state index contributed by atoms with van der Waals surface area (Å²) in [5.41, 5.74) is -2.64. The summed E-state index contributed by atoms with van der Waals surface area (Å²) < 4.78 is 43.3. The Bertz CT molecular complexity index is 623. The number of nitrogens with one attached hydrogen (secondary N) is 1. The van der Waals surface area contributed by atoms with Crippen molar-refractivity contribution in [3.05, 3.63) is 34.2 Å². The van der Waals surface area contributed by atoms with E-state index < -0.39 is 35.7 Å². The molecule has 0 unspecified atom stereocenters. The van der Waals surface area contributed by atoms with E-state index in [1.807, 2.05) is 0 Å². The predicted octanol–water partition coefficient (Wildman–Crippen LogP) is 1.32. The lowest BCUT2D eigenvalue weighted by molar-refractivity contribution is -0.147. The fourth-order valence-electron chi connectivity index (χ4n) is 1.71. The van der Waals surface area contributed by atoms with E-state index in [-0.39, 0.29) is 19.1 Å². The summed E-state index contributed by atoms with van der Waals surface area (Å²) in [6, 6.07) is 1.69. The Hall–Kier alpha value is -2.32. The highest BCUT2D eigenvalue weighted by Gasteiger charge is 2.34. The standard InChI is InChI=1S/C14H17F3N2O4/c1-9(2)23-12(21)5-6-18-11(20)8-19-7-3-4-10(13(19)22)14(15,16)17/h3-4,7,9H,5-6,8H2,1-2H3,(H,18,20). The number of alkyl halides is 3. The summed E-state index contributed by atoms with van der Waals surface area (Å²) in [6.07, 6.45) is -4.04. The number of carbonyl (C=O) groups is 2. The molecule has 6 nitrogen and oxygen atoms in total. The van der Waals surface area contributed by atoms with Crippen molar-refractivity contribution in [1.82, 2.24) is 9.88 Å². The second kappa shape index (κ2) is 7.80. The molecule has 128 valence electrons. The molecule has 1 aromatic heterocycles. The molecule has 1 aromatic rings. The predicted molar refractivity (Wildman–Crippen MR) is 74.6 cm³/mol. The minimum Gasteiger partial charge on any atom is -0.463 e. The van der Waals surface area contributed by atoms with Gasteiger partial charge in [0, 0.05) is 12.7 Å². The minimum atomic E-state index is -4.78. The van der Waals surface area contributed by atoms with Gasteiger partial charge >= 0.3 is 12.1 Å². The van der Waals surface area contributed by atoms with Crippen molar-refractivity contribution in [2.45, 2.75) is 39.1 Å². The number of pyridine rings is 1. The lowest BCUT2D eigenvalue weighted by Crippen LogP contribution is -2.35. The highest BCUT2D eigenvalue weighted by atomic mass is 19.4. The Kier molecular flexibility index (Phi) is 6.35. The molecule has 0 spiro atoms. The average Bonchev–Trinajstić information content (AvgIpc) is 2.38. The van der Waals surface area contributed by atoms with E-state index in [1.54, 1.807) is 13.8 Å². The van der Waals surface area contributed by atoms with Crippen LogP contribution >= 0.6 is 0 Å². The van der Waals surface area contributed by atoms with Crippen molar-refractivity contribution in [3.8, 4) is 0 Å². The zero-order chi connectivity index (χ0) is 17.6. The molecule has 0 saturated carbocycles. The van der Waals surface area contributed by atoms with Crippen molar-refractivity contribution in [2.75, 3.05) is 6.54 Å². The van der Waals surface area contributed by atoms with E-state index in [0.29, 0.717) is 10.6 Å². The third-order valence-electron chi connectivity index (χ3n) is 2.66. The van der Waals surface area contributed by atoms with E-state index in [2.05, 4.69) is 5.32 Å². The Balaban J connectivity index is 2.59. The van der Waals surface area contributed by atoms with Crippen LogP contribution in [0.1, 0.15) is 25.8 Å². The number of hydrogen-bond donors (Lipinski definition) is 1. The molecule has 0 fully saturated rings. The van der Waals surface area contributed by atoms with Gasteiger partial charge in [0.05, 0.1) is 12.5 Å². The Morgan fingerprint density at radius 1 is 1.35 bits per heavy atom. The zero-order valence-electron chi connectivity index (χ0n) is 12.6. The highest BCUT2D eigenvalue weighted by molar-refractivity contribution is 5.76. The normalized spacial score (nSPS) is 11.4. The fourth-order valence-corrected chi connectivity index (χ4v) is 1.71. The van der Waals surface area contributed by atoms with Crippen molar-refractivity contribution in [3.63, 3.8) is 0 Å². The molecule has 0 aromatic carbocycles. The maximum atomic E-state index is 12.6. The number of rotatable bonds is 6. The van der Waals surface area contributed by atoms with Crippen LogP contribution in [0.5, 0.6) is 0 Å². The molecule has 0 aliphatic rings. The van der Waals surface area contributed by atoms with E-state index in [9.17, 15) is 27.6 Å². The third-order valence-corrected chi connectivity index (χ3v) is 2.66. The third kappa shape index (κ3) is 6.13. The van der Waals surface area contributed by atoms with Crippen LogP contribution in [-0.2, 0) is 27.0 Å². The number of esters is 1. The van der Waals surface area contributed by atoms with Gasteiger partial charge in [0.25, 0.3) is 5.56 Å². The van der Waals surface area contributed by atoms with E-state index in [4.69, 9.17) is 4.74 Å². The molecule has 0 bridgehead atoms. The lowest BCUT2D eigenvalue weighted by Gasteiger charge is -2.11. The van der Waals surface area contributed by atoms with Gasteiger partial charge in [0.1, 0.15) is 12.1 Å². The van der Waals surface area contributed by atoms with Crippen LogP contribution in [0.15, 0.2) is 23.1 Å². The van der Waals surface area contributed by atoms with Gasteiger partial charge in [0.15, 0.2) is 0 Å². The first-order chi connectivity index (χ1) is 10.6. The summed E-state index contributed by atoms with van der Waals surface area (Å²) in [6.45, 7) is 2.76. The molecule has 0 saturated heterocycles. The molecule has 0 aliphatic carbocycles. The van der Waals surface area contributed by atoms with Gasteiger partial charge in [-0.2, -0.15) is 13.2 Å². The molecular formula is C14H17F3N2O4. The number of aromatic nitrogens is 1. The second-order valence-electron chi connectivity index (χ2n) is 4.99. The summed E-state index contributed by atoms with van der Waals surface area (Å²) >= 11 is 0. The summed E-state index contributed by atoms with van der Waals surface area (Å²) in [5, 5.41) is 2.34. The molecule has 1 rings (SSSR count). The van der Waals surface area contributed by atoms with Crippen LogP contribution in [0.2, 0.25) is 0 Å². The van der Waals surface area contributed by atoms with Crippen LogP contribution in [0.25, 0.3) is 0 Å². The van der Waals surface area contributed by atoms with Crippen LogP contribution in [-0.4, -0.2) is 29.1 Å². The molecule has 1 amide bonds. The van der Waals surface area contributed by atoms with Crippen molar-refractivity contribution in [2.24, 2.45) is 0 Å². The SMILES string of the molecule is CC(C)OC(=O)CCNC(=O)Cn1cccc(C(F)(F)F)c1=O. The van der Waals surface area contributed by atoms with Gasteiger partial charge in [-0.25, -0.2) is 0 Å². The van der Waals surface area contributed by atoms with Gasteiger partial charge in [0.2, 0.25) is 5.91 Å². The largest absolute Gasteiger partial charge is 0.463 e. The maximum absolute atomic E-state index is 12.6. The summed E-state index contributed by atoms with van der Waals surface area (Å²) in [4.78, 5) is 34.5. The smallest absolute Gasteiger partial charge is 0.421 e. The average molecular weight is 334 g/mol. The number of carbonyl (C=O) groups excluding carboxylic acids is 2. The minimum absolute atomic E-state index is 0.0297. The first-order valence-corrected chi connectivity index (χ1v) is 6.84. The highest BCUT2D eigenvalue weighted by Crippen LogP contribution is 2.25. The number of halogens is 3. The van der Waals surface area contributed by atoms with Crippen molar-refractivity contribution >= 4 is 11.9 Å². The van der Waals surface area contributed by atoms with Gasteiger partial charge in [-0.15, -0.1) is 0 Å². The molecule has 1 N–H and O–H groups in total. The number of amides is 1. The number of nitrogens with zero attached hydrogens (tertiary/aromatic N) is 1. The zero-order valence-corrected chi connectivity index (χ0v) is 12.6. The number of hydrogen-bond acceptors (Lipinski definition) is 4. The van der Waals surface area contributed by atoms with Crippen molar-refractivity contribution in [1.29, 1.82) is 0 Å². The first-order valence-electron chi connectivity index (χ1n) is 6.84. The molecule has 23 heavy (non-hydrogen) atoms. The Morgan fingerprint density at radius 3 is 2.57 bits per heavy atom. The quantitative estimate of drug-likeness (QED) is 0.796. The van der Waals surface area contributed by atoms with E-state index in [0.717, 1.165) is 12.3 Å².